The quantitative estimate of drug-likeness (QED) is 0.869. The van der Waals surface area contributed by atoms with Crippen LogP contribution in [0.3, 0.4) is 0 Å². The SMILES string of the molecule is CCc1cc2c(CN3CCN4CCCC[C@H]4C3)cc(=O)oc2cc1O. The van der Waals surface area contributed by atoms with Gasteiger partial charge in [-0.25, -0.2) is 4.79 Å². The Morgan fingerprint density at radius 1 is 1.16 bits per heavy atom. The lowest BCUT2D eigenvalue weighted by Crippen LogP contribution is -2.54. The molecule has 0 unspecified atom stereocenters. The van der Waals surface area contributed by atoms with Crippen LogP contribution in [-0.4, -0.2) is 47.1 Å². The summed E-state index contributed by atoms with van der Waals surface area (Å²) < 4.78 is 5.32. The smallest absolute Gasteiger partial charge is 0.336 e. The first kappa shape index (κ1) is 16.6. The van der Waals surface area contributed by atoms with Crippen molar-refractivity contribution in [2.75, 3.05) is 26.2 Å². The zero-order valence-electron chi connectivity index (χ0n) is 14.8. The van der Waals surface area contributed by atoms with Crippen LogP contribution in [0.5, 0.6) is 5.75 Å². The van der Waals surface area contributed by atoms with Gasteiger partial charge in [-0.2, -0.15) is 0 Å². The van der Waals surface area contributed by atoms with Gasteiger partial charge in [0.1, 0.15) is 11.3 Å². The molecule has 2 saturated heterocycles. The van der Waals surface area contributed by atoms with E-state index < -0.39 is 0 Å². The van der Waals surface area contributed by atoms with Gasteiger partial charge in [-0.05, 0) is 43.0 Å². The molecule has 25 heavy (non-hydrogen) atoms. The lowest BCUT2D eigenvalue weighted by molar-refractivity contribution is 0.0458. The number of nitrogens with zero attached hydrogens (tertiary/aromatic N) is 2. The number of phenols is 1. The van der Waals surface area contributed by atoms with E-state index in [0.29, 0.717) is 11.6 Å². The first-order chi connectivity index (χ1) is 12.1. The van der Waals surface area contributed by atoms with Crippen LogP contribution in [-0.2, 0) is 13.0 Å². The van der Waals surface area contributed by atoms with Gasteiger partial charge < -0.3 is 9.52 Å². The molecule has 0 radical (unpaired) electrons. The van der Waals surface area contributed by atoms with E-state index >= 15 is 0 Å². The summed E-state index contributed by atoms with van der Waals surface area (Å²) in [5.74, 6) is 0.200. The van der Waals surface area contributed by atoms with Gasteiger partial charge in [0.15, 0.2) is 0 Å². The number of aromatic hydroxyl groups is 1. The van der Waals surface area contributed by atoms with Gasteiger partial charge in [0.25, 0.3) is 0 Å². The van der Waals surface area contributed by atoms with Crippen molar-refractivity contribution in [3.63, 3.8) is 0 Å². The lowest BCUT2D eigenvalue weighted by Gasteiger charge is -2.44. The average molecular weight is 342 g/mol. The number of phenolic OH excluding ortho intramolecular Hbond substituents is 1. The van der Waals surface area contributed by atoms with E-state index in [1.54, 1.807) is 12.1 Å². The van der Waals surface area contributed by atoms with Crippen LogP contribution in [0, 0.1) is 0 Å². The maximum absolute atomic E-state index is 12.0. The Bertz CT molecular complexity index is 830. The molecule has 0 spiro atoms. The summed E-state index contributed by atoms with van der Waals surface area (Å²) in [6.45, 7) is 7.24. The second-order valence-electron chi connectivity index (χ2n) is 7.34. The van der Waals surface area contributed by atoms with Crippen molar-refractivity contribution in [3.8, 4) is 5.75 Å². The second-order valence-corrected chi connectivity index (χ2v) is 7.34. The number of piperidine rings is 1. The summed E-state index contributed by atoms with van der Waals surface area (Å²) in [7, 11) is 0. The zero-order valence-corrected chi connectivity index (χ0v) is 14.8. The lowest BCUT2D eigenvalue weighted by atomic mass is 9.98. The van der Waals surface area contributed by atoms with Gasteiger partial charge in [0, 0.05) is 49.7 Å². The number of fused-ring (bicyclic) bond motifs is 2. The molecular weight excluding hydrogens is 316 g/mol. The Labute approximate surface area is 147 Å². The minimum Gasteiger partial charge on any atom is -0.508 e. The molecule has 4 rings (SSSR count). The highest BCUT2D eigenvalue weighted by molar-refractivity contribution is 5.82. The maximum atomic E-state index is 12.0. The van der Waals surface area contributed by atoms with Crippen LogP contribution < -0.4 is 5.63 Å². The first-order valence-corrected chi connectivity index (χ1v) is 9.39. The monoisotopic (exact) mass is 342 g/mol. The fraction of sp³-hybridized carbons (Fsp3) is 0.550. The van der Waals surface area contributed by atoms with Crippen LogP contribution in [0.15, 0.2) is 27.4 Å². The summed E-state index contributed by atoms with van der Waals surface area (Å²) in [5.41, 5.74) is 2.03. The fourth-order valence-electron chi connectivity index (χ4n) is 4.33. The van der Waals surface area contributed by atoms with Crippen molar-refractivity contribution in [1.29, 1.82) is 0 Å². The minimum atomic E-state index is -0.345. The average Bonchev–Trinajstić information content (AvgIpc) is 2.61. The Balaban J connectivity index is 1.63. The summed E-state index contributed by atoms with van der Waals surface area (Å²) >= 11 is 0. The van der Waals surface area contributed by atoms with Crippen LogP contribution in [0.1, 0.15) is 37.3 Å². The van der Waals surface area contributed by atoms with Crippen molar-refractivity contribution in [2.24, 2.45) is 0 Å². The Hall–Kier alpha value is -1.85. The van der Waals surface area contributed by atoms with Crippen molar-refractivity contribution >= 4 is 11.0 Å². The van der Waals surface area contributed by atoms with Gasteiger partial charge in [-0.15, -0.1) is 0 Å². The minimum absolute atomic E-state index is 0.200. The van der Waals surface area contributed by atoms with Crippen LogP contribution in [0.25, 0.3) is 11.0 Å². The molecular formula is C20H26N2O3. The molecule has 0 amide bonds. The highest BCUT2D eigenvalue weighted by atomic mass is 16.4. The molecule has 0 saturated carbocycles. The number of rotatable bonds is 3. The molecule has 1 aromatic carbocycles. The molecule has 2 aliphatic heterocycles. The first-order valence-electron chi connectivity index (χ1n) is 9.39. The molecule has 1 aromatic heterocycles. The number of aryl methyl sites for hydroxylation is 1. The topological polar surface area (TPSA) is 56.9 Å². The van der Waals surface area contributed by atoms with Crippen molar-refractivity contribution in [3.05, 3.63) is 39.7 Å². The Morgan fingerprint density at radius 3 is 2.88 bits per heavy atom. The molecule has 134 valence electrons. The third-order valence-corrected chi connectivity index (χ3v) is 5.73. The maximum Gasteiger partial charge on any atom is 0.336 e. The van der Waals surface area contributed by atoms with E-state index in [9.17, 15) is 9.90 Å². The second kappa shape index (κ2) is 6.81. The Morgan fingerprint density at radius 2 is 2.04 bits per heavy atom. The zero-order chi connectivity index (χ0) is 17.4. The van der Waals surface area contributed by atoms with Crippen molar-refractivity contribution < 1.29 is 9.52 Å². The van der Waals surface area contributed by atoms with E-state index in [0.717, 1.165) is 49.1 Å². The highest BCUT2D eigenvalue weighted by Gasteiger charge is 2.29. The van der Waals surface area contributed by atoms with E-state index in [2.05, 4.69) is 9.80 Å². The van der Waals surface area contributed by atoms with Crippen LogP contribution >= 0.6 is 0 Å². The molecule has 5 nitrogen and oxygen atoms in total. The summed E-state index contributed by atoms with van der Waals surface area (Å²) in [5, 5.41) is 11.0. The van der Waals surface area contributed by atoms with Crippen LogP contribution in [0.4, 0.5) is 0 Å². The highest BCUT2D eigenvalue weighted by Crippen LogP contribution is 2.28. The molecule has 2 aliphatic rings. The summed E-state index contributed by atoms with van der Waals surface area (Å²) in [6, 6.07) is 5.83. The predicted octanol–water partition coefficient (Wildman–Crippen LogP) is 2.73. The standard InChI is InChI=1S/C20H26N2O3/c1-2-14-9-17-15(10-20(24)25-19(17)11-18(14)23)12-21-7-8-22-6-4-3-5-16(22)13-21/h9-11,16,23H,2-8,12-13H2,1H3/t16-/m0/s1. The number of hydrogen-bond donors (Lipinski definition) is 1. The predicted molar refractivity (Wildman–Crippen MR) is 98.0 cm³/mol. The van der Waals surface area contributed by atoms with Gasteiger partial charge in [-0.1, -0.05) is 13.3 Å². The normalized spacial score (nSPS) is 22.2. The molecule has 0 bridgehead atoms. The van der Waals surface area contributed by atoms with Crippen LogP contribution in [0.2, 0.25) is 0 Å². The molecule has 3 heterocycles. The van der Waals surface area contributed by atoms with Gasteiger partial charge in [0.2, 0.25) is 0 Å². The molecule has 1 N–H and O–H groups in total. The van der Waals surface area contributed by atoms with Crippen molar-refractivity contribution in [2.45, 2.75) is 45.2 Å². The molecule has 5 heteroatoms. The third-order valence-electron chi connectivity index (χ3n) is 5.73. The van der Waals surface area contributed by atoms with Gasteiger partial charge in [0.05, 0.1) is 0 Å². The van der Waals surface area contributed by atoms with Gasteiger partial charge >= 0.3 is 5.63 Å². The number of piperazine rings is 1. The Kier molecular flexibility index (Phi) is 4.52. The largest absolute Gasteiger partial charge is 0.508 e. The van der Waals surface area contributed by atoms with E-state index in [1.807, 2.05) is 13.0 Å². The van der Waals surface area contributed by atoms with E-state index in [1.165, 1.54) is 25.8 Å². The molecule has 2 aromatic rings. The third kappa shape index (κ3) is 3.31. The summed E-state index contributed by atoms with van der Waals surface area (Å²) in [4.78, 5) is 17.0. The van der Waals surface area contributed by atoms with E-state index in [4.69, 9.17) is 4.42 Å². The van der Waals surface area contributed by atoms with Crippen molar-refractivity contribution in [1.82, 2.24) is 9.80 Å². The molecule has 0 aliphatic carbocycles. The molecule has 2 fully saturated rings. The summed E-state index contributed by atoms with van der Waals surface area (Å²) in [6.07, 6.45) is 4.68. The number of benzene rings is 1. The number of hydrogen-bond acceptors (Lipinski definition) is 5. The van der Waals surface area contributed by atoms with E-state index in [-0.39, 0.29) is 11.4 Å². The molecule has 1 atom stereocenters. The fourth-order valence-corrected chi connectivity index (χ4v) is 4.33. The van der Waals surface area contributed by atoms with Gasteiger partial charge in [-0.3, -0.25) is 9.80 Å².